The van der Waals surface area contributed by atoms with Gasteiger partial charge in [0.15, 0.2) is 0 Å². The Hall–Kier alpha value is -1.88. The van der Waals surface area contributed by atoms with Gasteiger partial charge in [0.25, 0.3) is 5.60 Å². The zero-order valence-electron chi connectivity index (χ0n) is 7.04. The molecule has 0 aliphatic rings. The normalized spacial score (nSPS) is 10.9. The van der Waals surface area contributed by atoms with Crippen LogP contribution in [0, 0.1) is 0 Å². The van der Waals surface area contributed by atoms with E-state index in [4.69, 9.17) is 10.2 Å². The van der Waals surface area contributed by atoms with Crippen LogP contribution in [0.15, 0.2) is 30.3 Å². The van der Waals surface area contributed by atoms with Crippen LogP contribution >= 0.6 is 0 Å². The molecule has 0 saturated carbocycles. The van der Waals surface area contributed by atoms with Crippen molar-refractivity contribution in [2.75, 3.05) is 0 Å². The Balaban J connectivity index is 3.27. The molecule has 0 spiro atoms. The van der Waals surface area contributed by atoms with Crippen LogP contribution in [0.25, 0.3) is 0 Å². The molecular weight excluding hydrogens is 188 g/mol. The molecule has 1 aromatic rings. The zero-order chi connectivity index (χ0) is 10.8. The first-order chi connectivity index (χ1) is 6.49. The van der Waals surface area contributed by atoms with Crippen molar-refractivity contribution in [1.29, 1.82) is 0 Å². The lowest BCUT2D eigenvalue weighted by molar-refractivity contribution is -0.177. The Labute approximate surface area is 79.2 Å². The molecule has 0 atom stereocenters. The molecule has 1 aromatic carbocycles. The molecule has 0 fully saturated rings. The summed E-state index contributed by atoms with van der Waals surface area (Å²) >= 11 is 0. The molecule has 0 bridgehead atoms. The maximum absolute atomic E-state index is 10.6. The topological polar surface area (TPSA) is 94.8 Å². The molecule has 1 rings (SSSR count). The molecule has 0 aliphatic carbocycles. The van der Waals surface area contributed by atoms with E-state index in [1.54, 1.807) is 6.07 Å². The van der Waals surface area contributed by atoms with Crippen molar-refractivity contribution in [2.24, 2.45) is 0 Å². The van der Waals surface area contributed by atoms with Crippen molar-refractivity contribution in [3.05, 3.63) is 35.9 Å². The third-order valence-electron chi connectivity index (χ3n) is 1.81. The quantitative estimate of drug-likeness (QED) is 0.593. The minimum atomic E-state index is -2.87. The van der Waals surface area contributed by atoms with Gasteiger partial charge in [0, 0.05) is 5.56 Å². The molecule has 0 heterocycles. The van der Waals surface area contributed by atoms with Crippen molar-refractivity contribution in [3.63, 3.8) is 0 Å². The van der Waals surface area contributed by atoms with Crippen molar-refractivity contribution >= 4 is 11.9 Å². The number of aliphatic hydroxyl groups is 1. The summed E-state index contributed by atoms with van der Waals surface area (Å²) in [5, 5.41) is 26.7. The summed E-state index contributed by atoms with van der Waals surface area (Å²) in [6.07, 6.45) is 0. The van der Waals surface area contributed by atoms with Gasteiger partial charge in [-0.2, -0.15) is 0 Å². The van der Waals surface area contributed by atoms with E-state index in [0.717, 1.165) is 0 Å². The van der Waals surface area contributed by atoms with Gasteiger partial charge in [-0.3, -0.25) is 0 Å². The van der Waals surface area contributed by atoms with Crippen LogP contribution in [-0.2, 0) is 15.2 Å². The van der Waals surface area contributed by atoms with Gasteiger partial charge in [0.05, 0.1) is 0 Å². The number of carboxylic acids is 2. The first kappa shape index (κ1) is 10.2. The number of hydrogen-bond acceptors (Lipinski definition) is 3. The van der Waals surface area contributed by atoms with Gasteiger partial charge in [0.1, 0.15) is 0 Å². The summed E-state index contributed by atoms with van der Waals surface area (Å²) in [6.45, 7) is 0. The van der Waals surface area contributed by atoms with Gasteiger partial charge >= 0.3 is 11.9 Å². The van der Waals surface area contributed by atoms with E-state index in [9.17, 15) is 14.7 Å². The molecule has 14 heavy (non-hydrogen) atoms. The summed E-state index contributed by atoms with van der Waals surface area (Å²) in [5.74, 6) is -3.62. The minimum Gasteiger partial charge on any atom is -0.478 e. The van der Waals surface area contributed by atoms with Gasteiger partial charge in [-0.05, 0) is 0 Å². The van der Waals surface area contributed by atoms with E-state index in [1.165, 1.54) is 24.3 Å². The second kappa shape index (κ2) is 3.47. The maximum atomic E-state index is 10.6. The molecule has 0 unspecified atom stereocenters. The number of benzene rings is 1. The van der Waals surface area contributed by atoms with Crippen LogP contribution in [0.3, 0.4) is 0 Å². The number of aliphatic carboxylic acids is 2. The van der Waals surface area contributed by atoms with Gasteiger partial charge in [0.2, 0.25) is 0 Å². The highest BCUT2D eigenvalue weighted by Crippen LogP contribution is 2.21. The second-order valence-electron chi connectivity index (χ2n) is 2.69. The third kappa shape index (κ3) is 1.45. The Morgan fingerprint density at radius 1 is 1.00 bits per heavy atom. The van der Waals surface area contributed by atoms with E-state index >= 15 is 0 Å². The summed E-state index contributed by atoms with van der Waals surface area (Å²) in [7, 11) is 0. The Kier molecular flexibility index (Phi) is 2.53. The van der Waals surface area contributed by atoms with Gasteiger partial charge in [-0.15, -0.1) is 0 Å². The van der Waals surface area contributed by atoms with Gasteiger partial charge in [-0.25, -0.2) is 9.59 Å². The Bertz CT molecular complexity index is 343. The molecular formula is C9H8O5. The SMILES string of the molecule is O=C(O)C(O)(C(=O)O)c1ccccc1. The highest BCUT2D eigenvalue weighted by Gasteiger charge is 2.46. The lowest BCUT2D eigenvalue weighted by Gasteiger charge is -2.18. The molecule has 5 nitrogen and oxygen atoms in total. The lowest BCUT2D eigenvalue weighted by Crippen LogP contribution is -2.43. The van der Waals surface area contributed by atoms with Crippen molar-refractivity contribution in [1.82, 2.24) is 0 Å². The second-order valence-corrected chi connectivity index (χ2v) is 2.69. The van der Waals surface area contributed by atoms with E-state index in [-0.39, 0.29) is 5.56 Å². The number of rotatable bonds is 3. The fraction of sp³-hybridized carbons (Fsp3) is 0.111. The molecule has 0 saturated heterocycles. The average Bonchev–Trinajstić information content (AvgIpc) is 2.17. The van der Waals surface area contributed by atoms with E-state index in [2.05, 4.69) is 0 Å². The third-order valence-corrected chi connectivity index (χ3v) is 1.81. The number of carbonyl (C=O) groups is 2. The number of hydrogen-bond donors (Lipinski definition) is 3. The average molecular weight is 196 g/mol. The molecule has 0 aromatic heterocycles. The van der Waals surface area contributed by atoms with Crippen LogP contribution in [0.2, 0.25) is 0 Å². The summed E-state index contributed by atoms with van der Waals surface area (Å²) in [6, 6.07) is 6.97. The maximum Gasteiger partial charge on any atom is 0.352 e. The molecule has 5 heteroatoms. The minimum absolute atomic E-state index is 0.181. The van der Waals surface area contributed by atoms with Crippen LogP contribution in [0.1, 0.15) is 5.56 Å². The van der Waals surface area contributed by atoms with Crippen LogP contribution in [0.5, 0.6) is 0 Å². The van der Waals surface area contributed by atoms with Crippen molar-refractivity contribution in [3.8, 4) is 0 Å². The first-order valence-electron chi connectivity index (χ1n) is 3.74. The fourth-order valence-corrected chi connectivity index (χ4v) is 1.02. The lowest BCUT2D eigenvalue weighted by atomic mass is 9.94. The van der Waals surface area contributed by atoms with Crippen molar-refractivity contribution < 1.29 is 24.9 Å². The van der Waals surface area contributed by atoms with E-state index in [1.807, 2.05) is 0 Å². The Morgan fingerprint density at radius 2 is 1.43 bits per heavy atom. The summed E-state index contributed by atoms with van der Waals surface area (Å²) in [5.41, 5.74) is -3.05. The molecule has 0 amide bonds. The number of carboxylic acid groups (broad SMARTS) is 2. The highest BCUT2D eigenvalue weighted by molar-refractivity contribution is 6.02. The Morgan fingerprint density at radius 3 is 1.79 bits per heavy atom. The van der Waals surface area contributed by atoms with Gasteiger partial charge < -0.3 is 15.3 Å². The molecule has 0 aliphatic heterocycles. The standard InChI is InChI=1S/C9H8O5/c10-7(11)9(14,8(12)13)6-4-2-1-3-5-6/h1-5,14H,(H,10,11)(H,12,13). The predicted octanol–water partition coefficient (Wildman–Crippen LogP) is 0.0434. The smallest absolute Gasteiger partial charge is 0.352 e. The summed E-state index contributed by atoms with van der Waals surface area (Å²) < 4.78 is 0. The molecule has 74 valence electrons. The monoisotopic (exact) mass is 196 g/mol. The summed E-state index contributed by atoms with van der Waals surface area (Å²) in [4.78, 5) is 21.3. The largest absolute Gasteiger partial charge is 0.478 e. The highest BCUT2D eigenvalue weighted by atomic mass is 16.4. The van der Waals surface area contributed by atoms with E-state index < -0.39 is 17.5 Å². The van der Waals surface area contributed by atoms with Crippen LogP contribution < -0.4 is 0 Å². The van der Waals surface area contributed by atoms with Gasteiger partial charge in [-0.1, -0.05) is 30.3 Å². The van der Waals surface area contributed by atoms with E-state index in [0.29, 0.717) is 0 Å². The molecule has 0 radical (unpaired) electrons. The van der Waals surface area contributed by atoms with Crippen LogP contribution in [-0.4, -0.2) is 27.3 Å². The van der Waals surface area contributed by atoms with Crippen molar-refractivity contribution in [2.45, 2.75) is 5.60 Å². The fourth-order valence-electron chi connectivity index (χ4n) is 1.02. The predicted molar refractivity (Wildman–Crippen MR) is 45.6 cm³/mol. The zero-order valence-corrected chi connectivity index (χ0v) is 7.04. The van der Waals surface area contributed by atoms with Crippen LogP contribution in [0.4, 0.5) is 0 Å². The molecule has 3 N–H and O–H groups in total. The first-order valence-corrected chi connectivity index (χ1v) is 3.74.